The van der Waals surface area contributed by atoms with Crippen LogP contribution in [0, 0.1) is 0 Å². The van der Waals surface area contributed by atoms with E-state index in [1.807, 2.05) is 18.2 Å². The third-order valence-corrected chi connectivity index (χ3v) is 7.79. The summed E-state index contributed by atoms with van der Waals surface area (Å²) in [5.74, 6) is 0.815. The molecule has 0 aliphatic carbocycles. The van der Waals surface area contributed by atoms with E-state index in [1.165, 1.54) is 0 Å². The van der Waals surface area contributed by atoms with Gasteiger partial charge in [0.2, 0.25) is 15.9 Å². The Hall–Kier alpha value is -1.75. The number of carbonyl (C=O) groups excluding carboxylic acids is 1. The molecule has 8 nitrogen and oxygen atoms in total. The first-order valence-electron chi connectivity index (χ1n) is 9.79. The van der Waals surface area contributed by atoms with Gasteiger partial charge >= 0.3 is 0 Å². The van der Waals surface area contributed by atoms with Gasteiger partial charge in [-0.2, -0.15) is 4.31 Å². The molecule has 1 aliphatic rings. The average Bonchev–Trinajstić information content (AvgIpc) is 2.74. The summed E-state index contributed by atoms with van der Waals surface area (Å²) in [5.41, 5.74) is 0.904. The van der Waals surface area contributed by atoms with Crippen LogP contribution in [0.1, 0.15) is 13.3 Å². The lowest BCUT2D eigenvalue weighted by Gasteiger charge is -2.33. The maximum Gasteiger partial charge on any atom is 0.220 e. The number of aromatic nitrogens is 2. The Morgan fingerprint density at radius 2 is 1.97 bits per heavy atom. The minimum Gasteiger partial charge on any atom is -0.355 e. The Morgan fingerprint density at radius 3 is 2.72 bits per heavy atom. The topological polar surface area (TPSA) is 95.5 Å². The molecule has 1 amide bonds. The number of piperazine rings is 1. The molecule has 0 atom stereocenters. The van der Waals surface area contributed by atoms with Crippen molar-refractivity contribution >= 4 is 38.6 Å². The van der Waals surface area contributed by atoms with Crippen molar-refractivity contribution in [3.05, 3.63) is 30.6 Å². The first-order chi connectivity index (χ1) is 14.0. The van der Waals surface area contributed by atoms with Crippen LogP contribution in [0.4, 0.5) is 0 Å². The Kier molecular flexibility index (Phi) is 7.82. The van der Waals surface area contributed by atoms with Crippen molar-refractivity contribution in [3.8, 4) is 0 Å². The lowest BCUT2D eigenvalue weighted by molar-refractivity contribution is -0.120. The van der Waals surface area contributed by atoms with E-state index < -0.39 is 10.0 Å². The van der Waals surface area contributed by atoms with Gasteiger partial charge in [0.05, 0.1) is 11.3 Å². The molecule has 1 aliphatic heterocycles. The Morgan fingerprint density at radius 1 is 1.17 bits per heavy atom. The molecule has 0 spiro atoms. The molecule has 0 bridgehead atoms. The largest absolute Gasteiger partial charge is 0.355 e. The van der Waals surface area contributed by atoms with Crippen molar-refractivity contribution < 1.29 is 13.2 Å². The predicted molar refractivity (Wildman–Crippen MR) is 115 cm³/mol. The molecular formula is C19H27N5O3S2. The highest BCUT2D eigenvalue weighted by atomic mass is 32.2. The van der Waals surface area contributed by atoms with Crippen molar-refractivity contribution in [1.29, 1.82) is 0 Å². The lowest BCUT2D eigenvalue weighted by atomic mass is 10.3. The van der Waals surface area contributed by atoms with E-state index in [0.717, 1.165) is 22.5 Å². The van der Waals surface area contributed by atoms with E-state index in [1.54, 1.807) is 35.4 Å². The highest BCUT2D eigenvalue weighted by Crippen LogP contribution is 2.24. The summed E-state index contributed by atoms with van der Waals surface area (Å²) in [5, 5.41) is 4.84. The second kappa shape index (κ2) is 10.3. The molecule has 0 radical (unpaired) electrons. The second-order valence-electron chi connectivity index (χ2n) is 6.78. The lowest BCUT2D eigenvalue weighted by Crippen LogP contribution is -2.50. The van der Waals surface area contributed by atoms with E-state index in [4.69, 9.17) is 0 Å². The first-order valence-corrected chi connectivity index (χ1v) is 12.4. The number of pyridine rings is 2. The summed E-state index contributed by atoms with van der Waals surface area (Å²) in [6.45, 7) is 5.41. The Balaban J connectivity index is 1.34. The molecule has 10 heteroatoms. The van der Waals surface area contributed by atoms with E-state index in [2.05, 4.69) is 20.2 Å². The van der Waals surface area contributed by atoms with Crippen molar-refractivity contribution in [3.63, 3.8) is 0 Å². The standard InChI is InChI=1S/C19H27N5O3S2/c1-2-29(26,27)24-13-11-23(12-14-24)10-9-21-18(25)6-15-28-19-16-4-3-7-20-17(16)5-8-22-19/h3-5,7-8H,2,6,9-15H2,1H3,(H,21,25). The van der Waals surface area contributed by atoms with Gasteiger partial charge in [0.1, 0.15) is 5.03 Å². The van der Waals surface area contributed by atoms with Gasteiger partial charge in [-0.1, -0.05) is 0 Å². The number of carbonyl (C=O) groups is 1. The number of amides is 1. The maximum atomic E-state index is 12.1. The van der Waals surface area contributed by atoms with Gasteiger partial charge in [-0.25, -0.2) is 13.4 Å². The molecule has 29 heavy (non-hydrogen) atoms. The highest BCUT2D eigenvalue weighted by molar-refractivity contribution is 7.99. The van der Waals surface area contributed by atoms with Gasteiger partial charge in [0.15, 0.2) is 0 Å². The fourth-order valence-electron chi connectivity index (χ4n) is 3.19. The van der Waals surface area contributed by atoms with Crippen LogP contribution < -0.4 is 5.32 Å². The Bertz CT molecular complexity index is 925. The quantitative estimate of drug-likeness (QED) is 0.589. The van der Waals surface area contributed by atoms with E-state index >= 15 is 0 Å². The minimum absolute atomic E-state index is 0.0167. The summed E-state index contributed by atoms with van der Waals surface area (Å²) in [6, 6.07) is 5.76. The molecular weight excluding hydrogens is 410 g/mol. The third-order valence-electron chi connectivity index (χ3n) is 4.90. The van der Waals surface area contributed by atoms with Crippen molar-refractivity contribution in [2.45, 2.75) is 18.4 Å². The van der Waals surface area contributed by atoms with Crippen molar-refractivity contribution in [2.75, 3.05) is 50.8 Å². The summed E-state index contributed by atoms with van der Waals surface area (Å²) in [7, 11) is -3.10. The molecule has 1 fully saturated rings. The Labute approximate surface area is 176 Å². The van der Waals surface area contributed by atoms with E-state index in [9.17, 15) is 13.2 Å². The zero-order valence-corrected chi connectivity index (χ0v) is 18.2. The van der Waals surface area contributed by atoms with Crippen LogP contribution in [0.2, 0.25) is 0 Å². The van der Waals surface area contributed by atoms with Gasteiger partial charge in [-0.15, -0.1) is 11.8 Å². The smallest absolute Gasteiger partial charge is 0.220 e. The summed E-state index contributed by atoms with van der Waals surface area (Å²) in [6.07, 6.45) is 3.92. The fraction of sp³-hybridized carbons (Fsp3) is 0.526. The predicted octanol–water partition coefficient (Wildman–Crippen LogP) is 1.20. The fourth-order valence-corrected chi connectivity index (χ4v) is 5.22. The van der Waals surface area contributed by atoms with Crippen LogP contribution in [0.15, 0.2) is 35.6 Å². The SMILES string of the molecule is CCS(=O)(=O)N1CCN(CCNC(=O)CCSc2nccc3ncccc23)CC1. The second-order valence-corrected chi connectivity index (χ2v) is 10.1. The molecule has 2 aromatic heterocycles. The van der Waals surface area contributed by atoms with Crippen LogP contribution >= 0.6 is 11.8 Å². The zero-order valence-electron chi connectivity index (χ0n) is 16.6. The molecule has 0 unspecified atom stereocenters. The zero-order chi connectivity index (χ0) is 20.7. The van der Waals surface area contributed by atoms with Gasteiger partial charge < -0.3 is 5.32 Å². The van der Waals surface area contributed by atoms with Crippen LogP contribution in [0.3, 0.4) is 0 Å². The number of sulfonamides is 1. The number of nitrogens with one attached hydrogen (secondary N) is 1. The number of hydrogen-bond donors (Lipinski definition) is 1. The molecule has 2 aromatic rings. The molecule has 1 N–H and O–H groups in total. The molecule has 0 aromatic carbocycles. The minimum atomic E-state index is -3.10. The number of nitrogens with zero attached hydrogens (tertiary/aromatic N) is 4. The van der Waals surface area contributed by atoms with Crippen molar-refractivity contribution in [1.82, 2.24) is 24.5 Å². The van der Waals surface area contributed by atoms with Gasteiger partial charge in [-0.05, 0) is 25.1 Å². The summed E-state index contributed by atoms with van der Waals surface area (Å²) in [4.78, 5) is 23.0. The number of hydrogen-bond acceptors (Lipinski definition) is 7. The third kappa shape index (κ3) is 6.11. The van der Waals surface area contributed by atoms with Gasteiger partial charge in [-0.3, -0.25) is 14.7 Å². The summed E-state index contributed by atoms with van der Waals surface area (Å²) >= 11 is 1.56. The first kappa shape index (κ1) is 21.9. The number of rotatable bonds is 9. The molecule has 3 heterocycles. The molecule has 158 valence electrons. The van der Waals surface area contributed by atoms with E-state index in [0.29, 0.717) is 44.9 Å². The van der Waals surface area contributed by atoms with Crippen LogP contribution in [0.25, 0.3) is 10.9 Å². The van der Waals surface area contributed by atoms with Crippen LogP contribution in [-0.2, 0) is 14.8 Å². The average molecular weight is 438 g/mol. The molecule has 3 rings (SSSR count). The molecule has 1 saturated heterocycles. The highest BCUT2D eigenvalue weighted by Gasteiger charge is 2.25. The number of thioether (sulfide) groups is 1. The van der Waals surface area contributed by atoms with Crippen LogP contribution in [0.5, 0.6) is 0 Å². The van der Waals surface area contributed by atoms with Crippen molar-refractivity contribution in [2.24, 2.45) is 0 Å². The monoisotopic (exact) mass is 437 g/mol. The molecule has 0 saturated carbocycles. The summed E-state index contributed by atoms with van der Waals surface area (Å²) < 4.78 is 25.3. The normalized spacial score (nSPS) is 16.2. The van der Waals surface area contributed by atoms with E-state index in [-0.39, 0.29) is 11.7 Å². The number of fused-ring (bicyclic) bond motifs is 1. The maximum absolute atomic E-state index is 12.1. The van der Waals surface area contributed by atoms with Crippen LogP contribution in [-0.4, -0.2) is 84.3 Å². The van der Waals surface area contributed by atoms with Gasteiger partial charge in [0, 0.05) is 69.2 Å². The van der Waals surface area contributed by atoms with Gasteiger partial charge in [0.25, 0.3) is 0 Å².